The molecule has 0 amide bonds. The Morgan fingerprint density at radius 3 is 2.54 bits per heavy atom. The van der Waals surface area contributed by atoms with Gasteiger partial charge in [-0.15, -0.1) is 12.4 Å². The van der Waals surface area contributed by atoms with Crippen molar-refractivity contribution >= 4 is 12.4 Å². The van der Waals surface area contributed by atoms with Crippen molar-refractivity contribution < 1.29 is 9.47 Å². The maximum absolute atomic E-state index is 5.45. The van der Waals surface area contributed by atoms with E-state index in [9.17, 15) is 0 Å². The van der Waals surface area contributed by atoms with Crippen LogP contribution in [-0.2, 0) is 6.42 Å². The Morgan fingerprint density at radius 2 is 1.81 bits per heavy atom. The molecule has 0 bridgehead atoms. The summed E-state index contributed by atoms with van der Waals surface area (Å²) in [5, 5.41) is 3.49. The Bertz CT molecular complexity index is 535. The number of nitrogens with zero attached hydrogens (tertiary/aromatic N) is 1. The van der Waals surface area contributed by atoms with E-state index in [1.807, 2.05) is 6.07 Å². The molecule has 2 saturated heterocycles. The van der Waals surface area contributed by atoms with Gasteiger partial charge in [0.15, 0.2) is 11.5 Å². The molecule has 1 N–H and O–H groups in total. The van der Waals surface area contributed by atoms with Gasteiger partial charge in [0, 0.05) is 12.6 Å². The highest BCUT2D eigenvalue weighted by atomic mass is 35.5. The molecule has 4 nitrogen and oxygen atoms in total. The first kappa shape index (κ1) is 21.3. The van der Waals surface area contributed by atoms with Crippen LogP contribution in [-0.4, -0.2) is 51.3 Å². The van der Waals surface area contributed by atoms with Crippen molar-refractivity contribution in [3.05, 3.63) is 23.8 Å². The van der Waals surface area contributed by atoms with Gasteiger partial charge >= 0.3 is 0 Å². The van der Waals surface area contributed by atoms with Crippen molar-refractivity contribution in [1.82, 2.24) is 10.2 Å². The molecule has 1 atom stereocenters. The first-order valence-electron chi connectivity index (χ1n) is 9.96. The SMILES string of the molecule is COc1ccc(CCC2CCCCN2CC2CCNCC2)cc1OC.Cl. The lowest BCUT2D eigenvalue weighted by Gasteiger charge is -2.39. The molecule has 2 aliphatic rings. The number of halogens is 1. The molecule has 1 unspecified atom stereocenters. The average Bonchev–Trinajstić information content (AvgIpc) is 2.68. The fraction of sp³-hybridized carbons (Fsp3) is 0.714. The Morgan fingerprint density at radius 1 is 1.04 bits per heavy atom. The lowest BCUT2D eigenvalue weighted by molar-refractivity contribution is 0.109. The molecular weight excluding hydrogens is 348 g/mol. The number of methoxy groups -OCH3 is 2. The van der Waals surface area contributed by atoms with Gasteiger partial charge in [-0.25, -0.2) is 0 Å². The molecule has 26 heavy (non-hydrogen) atoms. The van der Waals surface area contributed by atoms with Gasteiger partial charge in [-0.1, -0.05) is 12.5 Å². The second kappa shape index (κ2) is 11.0. The normalized spacial score (nSPS) is 21.8. The van der Waals surface area contributed by atoms with Crippen LogP contribution >= 0.6 is 12.4 Å². The second-order valence-electron chi connectivity index (χ2n) is 7.57. The van der Waals surface area contributed by atoms with E-state index in [0.717, 1.165) is 29.9 Å². The number of rotatable bonds is 7. The number of piperidine rings is 2. The zero-order valence-electron chi connectivity index (χ0n) is 16.3. The quantitative estimate of drug-likeness (QED) is 0.775. The van der Waals surface area contributed by atoms with Crippen molar-refractivity contribution in [3.63, 3.8) is 0 Å². The van der Waals surface area contributed by atoms with E-state index in [0.29, 0.717) is 0 Å². The Kier molecular flexibility index (Phi) is 9.03. The number of likely N-dealkylation sites (tertiary alicyclic amines) is 1. The summed E-state index contributed by atoms with van der Waals surface area (Å²) >= 11 is 0. The van der Waals surface area contributed by atoms with Crippen LogP contribution in [0.1, 0.15) is 44.1 Å². The van der Waals surface area contributed by atoms with E-state index in [1.165, 1.54) is 70.3 Å². The maximum atomic E-state index is 5.45. The molecule has 2 aliphatic heterocycles. The van der Waals surface area contributed by atoms with Crippen LogP contribution < -0.4 is 14.8 Å². The summed E-state index contributed by atoms with van der Waals surface area (Å²) in [4.78, 5) is 2.79. The summed E-state index contributed by atoms with van der Waals surface area (Å²) in [5.41, 5.74) is 1.35. The van der Waals surface area contributed by atoms with Crippen LogP contribution in [0.2, 0.25) is 0 Å². The molecule has 1 aromatic carbocycles. The van der Waals surface area contributed by atoms with Gasteiger partial charge in [-0.2, -0.15) is 0 Å². The van der Waals surface area contributed by atoms with Gasteiger partial charge in [-0.3, -0.25) is 0 Å². The third kappa shape index (κ3) is 5.77. The van der Waals surface area contributed by atoms with Crippen LogP contribution in [0.3, 0.4) is 0 Å². The molecule has 0 spiro atoms. The molecule has 2 heterocycles. The molecule has 0 aliphatic carbocycles. The zero-order chi connectivity index (χ0) is 17.5. The lowest BCUT2D eigenvalue weighted by atomic mass is 9.92. The molecule has 2 fully saturated rings. The van der Waals surface area contributed by atoms with Gasteiger partial charge < -0.3 is 19.7 Å². The van der Waals surface area contributed by atoms with Crippen molar-refractivity contribution in [2.75, 3.05) is 40.4 Å². The van der Waals surface area contributed by atoms with Crippen LogP contribution in [0.15, 0.2) is 18.2 Å². The number of hydrogen-bond donors (Lipinski definition) is 1. The van der Waals surface area contributed by atoms with Crippen LogP contribution in [0.25, 0.3) is 0 Å². The standard InChI is InChI=1S/C21H34N2O2.ClH/c1-24-20-9-7-17(15-21(20)25-2)6-8-19-5-3-4-14-23(19)16-18-10-12-22-13-11-18;/h7,9,15,18-19,22H,3-6,8,10-14,16H2,1-2H3;1H. The van der Waals surface area contributed by atoms with Crippen LogP contribution in [0, 0.1) is 5.92 Å². The molecule has 5 heteroatoms. The Hall–Kier alpha value is -0.970. The minimum Gasteiger partial charge on any atom is -0.493 e. The monoisotopic (exact) mass is 382 g/mol. The summed E-state index contributed by atoms with van der Waals surface area (Å²) in [6.45, 7) is 5.00. The van der Waals surface area contributed by atoms with Gasteiger partial charge in [-0.05, 0) is 81.8 Å². The number of ether oxygens (including phenoxy) is 2. The van der Waals surface area contributed by atoms with Gasteiger partial charge in [0.25, 0.3) is 0 Å². The highest BCUT2D eigenvalue weighted by Gasteiger charge is 2.25. The van der Waals surface area contributed by atoms with E-state index in [-0.39, 0.29) is 12.4 Å². The van der Waals surface area contributed by atoms with E-state index in [2.05, 4.69) is 22.3 Å². The molecule has 0 aromatic heterocycles. The van der Waals surface area contributed by atoms with Crippen molar-refractivity contribution in [1.29, 1.82) is 0 Å². The highest BCUT2D eigenvalue weighted by molar-refractivity contribution is 5.85. The van der Waals surface area contributed by atoms with E-state index < -0.39 is 0 Å². The molecule has 1 aromatic rings. The lowest BCUT2D eigenvalue weighted by Crippen LogP contribution is -2.44. The minimum absolute atomic E-state index is 0. The largest absolute Gasteiger partial charge is 0.493 e. The van der Waals surface area contributed by atoms with Crippen molar-refractivity contribution in [2.24, 2.45) is 5.92 Å². The summed E-state index contributed by atoms with van der Waals surface area (Å²) in [7, 11) is 3.40. The second-order valence-corrected chi connectivity index (χ2v) is 7.57. The van der Waals surface area contributed by atoms with Crippen LogP contribution in [0.5, 0.6) is 11.5 Å². The van der Waals surface area contributed by atoms with Gasteiger partial charge in [0.2, 0.25) is 0 Å². The van der Waals surface area contributed by atoms with E-state index in [1.54, 1.807) is 14.2 Å². The number of hydrogen-bond acceptors (Lipinski definition) is 4. The number of benzene rings is 1. The van der Waals surface area contributed by atoms with Crippen molar-refractivity contribution in [3.8, 4) is 11.5 Å². The van der Waals surface area contributed by atoms with Crippen LogP contribution in [0.4, 0.5) is 0 Å². The molecule has 0 saturated carbocycles. The minimum atomic E-state index is 0. The third-order valence-electron chi connectivity index (χ3n) is 5.91. The summed E-state index contributed by atoms with van der Waals surface area (Å²) < 4.78 is 10.8. The first-order valence-corrected chi connectivity index (χ1v) is 9.96. The summed E-state index contributed by atoms with van der Waals surface area (Å²) in [6.07, 6.45) is 9.18. The first-order chi connectivity index (χ1) is 12.3. The fourth-order valence-corrected chi connectivity index (χ4v) is 4.39. The molecule has 0 radical (unpaired) electrons. The molecule has 148 valence electrons. The Balaban J connectivity index is 0.00000243. The third-order valence-corrected chi connectivity index (χ3v) is 5.91. The molecule has 3 rings (SSSR count). The predicted octanol–water partition coefficient (Wildman–Crippen LogP) is 3.91. The summed E-state index contributed by atoms with van der Waals surface area (Å²) in [5.74, 6) is 2.55. The zero-order valence-corrected chi connectivity index (χ0v) is 17.2. The average molecular weight is 383 g/mol. The van der Waals surface area contributed by atoms with Crippen molar-refractivity contribution in [2.45, 2.75) is 51.0 Å². The number of nitrogens with one attached hydrogen (secondary N) is 1. The van der Waals surface area contributed by atoms with Gasteiger partial charge in [0.05, 0.1) is 14.2 Å². The predicted molar refractivity (Wildman–Crippen MR) is 110 cm³/mol. The topological polar surface area (TPSA) is 33.7 Å². The number of aryl methyl sites for hydroxylation is 1. The van der Waals surface area contributed by atoms with E-state index in [4.69, 9.17) is 9.47 Å². The smallest absolute Gasteiger partial charge is 0.160 e. The molecular formula is C21H35ClN2O2. The van der Waals surface area contributed by atoms with E-state index >= 15 is 0 Å². The summed E-state index contributed by atoms with van der Waals surface area (Å²) in [6, 6.07) is 7.10. The maximum Gasteiger partial charge on any atom is 0.160 e. The Labute approximate surface area is 165 Å². The van der Waals surface area contributed by atoms with Gasteiger partial charge in [0.1, 0.15) is 0 Å². The fourth-order valence-electron chi connectivity index (χ4n) is 4.39. The highest BCUT2D eigenvalue weighted by Crippen LogP contribution is 2.29.